The molecule has 1 aliphatic rings. The number of hydrogen-bond donors (Lipinski definition) is 3. The molecular formula is C22H23N3O2. The van der Waals surface area contributed by atoms with Crippen LogP contribution in [0.1, 0.15) is 24.0 Å². The number of nitrogens with one attached hydrogen (secondary N) is 3. The Kier molecular flexibility index (Phi) is 4.67. The van der Waals surface area contributed by atoms with Crippen molar-refractivity contribution in [2.75, 3.05) is 6.54 Å². The second-order valence-electron chi connectivity index (χ2n) is 7.12. The highest BCUT2D eigenvalue weighted by Crippen LogP contribution is 2.46. The second kappa shape index (κ2) is 7.27. The zero-order chi connectivity index (χ0) is 18.7. The Morgan fingerprint density at radius 1 is 0.926 bits per heavy atom. The van der Waals surface area contributed by atoms with Gasteiger partial charge in [0.05, 0.1) is 0 Å². The molecule has 2 amide bonds. The van der Waals surface area contributed by atoms with Gasteiger partial charge in [0.1, 0.15) is 5.41 Å². The van der Waals surface area contributed by atoms with Crippen LogP contribution >= 0.6 is 0 Å². The molecule has 0 unspecified atom stereocenters. The van der Waals surface area contributed by atoms with Crippen LogP contribution in [-0.2, 0) is 22.6 Å². The fraction of sp³-hybridized carbons (Fsp3) is 0.273. The van der Waals surface area contributed by atoms with Gasteiger partial charge in [-0.3, -0.25) is 9.59 Å². The van der Waals surface area contributed by atoms with Gasteiger partial charge < -0.3 is 15.6 Å². The number of fused-ring (bicyclic) bond motifs is 1. The Morgan fingerprint density at radius 2 is 1.63 bits per heavy atom. The summed E-state index contributed by atoms with van der Waals surface area (Å²) in [6.07, 6.45) is 3.95. The van der Waals surface area contributed by atoms with Crippen molar-refractivity contribution in [3.63, 3.8) is 0 Å². The van der Waals surface area contributed by atoms with Gasteiger partial charge in [-0.2, -0.15) is 0 Å². The lowest BCUT2D eigenvalue weighted by atomic mass is 10.0. The third kappa shape index (κ3) is 3.58. The molecule has 0 aliphatic heterocycles. The van der Waals surface area contributed by atoms with Crippen molar-refractivity contribution < 1.29 is 9.59 Å². The third-order valence-corrected chi connectivity index (χ3v) is 5.27. The zero-order valence-electron chi connectivity index (χ0n) is 15.1. The average Bonchev–Trinajstić information content (AvgIpc) is 3.43. The quantitative estimate of drug-likeness (QED) is 0.566. The Labute approximate surface area is 158 Å². The van der Waals surface area contributed by atoms with Gasteiger partial charge in [-0.1, -0.05) is 48.5 Å². The van der Waals surface area contributed by atoms with E-state index in [1.54, 1.807) is 0 Å². The van der Waals surface area contributed by atoms with E-state index in [-0.39, 0.29) is 11.8 Å². The molecule has 3 aromatic rings. The van der Waals surface area contributed by atoms with E-state index in [2.05, 4.69) is 21.7 Å². The molecule has 5 nitrogen and oxygen atoms in total. The molecule has 1 fully saturated rings. The number of amides is 2. The summed E-state index contributed by atoms with van der Waals surface area (Å²) < 4.78 is 0. The molecule has 1 aromatic heterocycles. The molecule has 0 spiro atoms. The number of carbonyl (C=O) groups is 2. The van der Waals surface area contributed by atoms with Crippen molar-refractivity contribution in [2.24, 2.45) is 5.41 Å². The summed E-state index contributed by atoms with van der Waals surface area (Å²) in [6, 6.07) is 17.8. The Hall–Kier alpha value is -3.08. The molecule has 4 rings (SSSR count). The smallest absolute Gasteiger partial charge is 0.235 e. The highest BCUT2D eigenvalue weighted by molar-refractivity contribution is 6.07. The maximum atomic E-state index is 12.6. The summed E-state index contributed by atoms with van der Waals surface area (Å²) in [7, 11) is 0. The molecule has 27 heavy (non-hydrogen) atoms. The first-order valence-corrected chi connectivity index (χ1v) is 9.34. The molecule has 0 saturated heterocycles. The first kappa shape index (κ1) is 17.3. The van der Waals surface area contributed by atoms with Crippen LogP contribution in [-0.4, -0.2) is 23.3 Å². The van der Waals surface area contributed by atoms with Crippen LogP contribution in [0.2, 0.25) is 0 Å². The minimum Gasteiger partial charge on any atom is -0.361 e. The highest BCUT2D eigenvalue weighted by atomic mass is 16.2. The molecule has 1 saturated carbocycles. The monoisotopic (exact) mass is 361 g/mol. The van der Waals surface area contributed by atoms with E-state index >= 15 is 0 Å². The molecule has 0 bridgehead atoms. The molecule has 1 aliphatic carbocycles. The largest absolute Gasteiger partial charge is 0.361 e. The predicted molar refractivity (Wildman–Crippen MR) is 105 cm³/mol. The topological polar surface area (TPSA) is 74.0 Å². The van der Waals surface area contributed by atoms with Crippen LogP contribution in [0.4, 0.5) is 0 Å². The number of aromatic nitrogens is 1. The minimum absolute atomic E-state index is 0.159. The minimum atomic E-state index is -0.880. The Morgan fingerprint density at radius 3 is 2.41 bits per heavy atom. The lowest BCUT2D eigenvalue weighted by molar-refractivity contribution is -0.137. The van der Waals surface area contributed by atoms with Gasteiger partial charge in [0.2, 0.25) is 11.8 Å². The third-order valence-electron chi connectivity index (χ3n) is 5.27. The summed E-state index contributed by atoms with van der Waals surface area (Å²) in [5, 5.41) is 7.03. The first-order chi connectivity index (χ1) is 13.2. The molecule has 1 heterocycles. The number of H-pyrrole nitrogens is 1. The summed E-state index contributed by atoms with van der Waals surface area (Å²) >= 11 is 0. The van der Waals surface area contributed by atoms with Crippen molar-refractivity contribution in [1.29, 1.82) is 0 Å². The lowest BCUT2D eigenvalue weighted by Gasteiger charge is -2.15. The van der Waals surface area contributed by atoms with Gasteiger partial charge >= 0.3 is 0 Å². The normalized spacial score (nSPS) is 14.7. The van der Waals surface area contributed by atoms with Gasteiger partial charge in [0.15, 0.2) is 0 Å². The number of benzene rings is 2. The SMILES string of the molecule is O=C(NCCc1c[nH]c2ccccc12)C1(C(=O)NCc2ccccc2)CC1. The van der Waals surface area contributed by atoms with E-state index in [1.807, 2.05) is 54.7 Å². The summed E-state index contributed by atoms with van der Waals surface area (Å²) in [5.74, 6) is -0.330. The number of hydrogen-bond acceptors (Lipinski definition) is 2. The van der Waals surface area contributed by atoms with Crippen molar-refractivity contribution >= 4 is 22.7 Å². The molecule has 2 aromatic carbocycles. The van der Waals surface area contributed by atoms with Crippen LogP contribution in [0.15, 0.2) is 60.8 Å². The Balaban J connectivity index is 1.30. The number of aromatic amines is 1. The highest BCUT2D eigenvalue weighted by Gasteiger charge is 2.56. The van der Waals surface area contributed by atoms with Crippen LogP contribution in [0, 0.1) is 5.41 Å². The maximum absolute atomic E-state index is 12.6. The van der Waals surface area contributed by atoms with Crippen molar-refractivity contribution in [3.8, 4) is 0 Å². The van der Waals surface area contributed by atoms with E-state index in [9.17, 15) is 9.59 Å². The van der Waals surface area contributed by atoms with E-state index in [4.69, 9.17) is 0 Å². The second-order valence-corrected chi connectivity index (χ2v) is 7.12. The fourth-order valence-electron chi connectivity index (χ4n) is 3.45. The molecule has 5 heteroatoms. The number of rotatable bonds is 7. The average molecular weight is 361 g/mol. The van der Waals surface area contributed by atoms with Crippen molar-refractivity contribution in [2.45, 2.75) is 25.8 Å². The van der Waals surface area contributed by atoms with Gasteiger partial charge in [0.25, 0.3) is 0 Å². The maximum Gasteiger partial charge on any atom is 0.235 e. The molecule has 3 N–H and O–H groups in total. The van der Waals surface area contributed by atoms with E-state index in [0.29, 0.717) is 25.9 Å². The van der Waals surface area contributed by atoms with Crippen LogP contribution in [0.5, 0.6) is 0 Å². The van der Waals surface area contributed by atoms with Gasteiger partial charge in [-0.05, 0) is 36.5 Å². The predicted octanol–water partition coefficient (Wildman–Crippen LogP) is 2.92. The standard InChI is InChI=1S/C22H23N3O2/c26-20(23-13-10-17-15-24-19-9-5-4-8-18(17)19)22(11-12-22)21(27)25-14-16-6-2-1-3-7-16/h1-9,15,24H,10-14H2,(H,23,26)(H,25,27). The lowest BCUT2D eigenvalue weighted by Crippen LogP contribution is -2.43. The van der Waals surface area contributed by atoms with E-state index in [1.165, 1.54) is 10.9 Å². The fourth-order valence-corrected chi connectivity index (χ4v) is 3.45. The summed E-state index contributed by atoms with van der Waals surface area (Å²) in [4.78, 5) is 28.4. The summed E-state index contributed by atoms with van der Waals surface area (Å²) in [6.45, 7) is 0.971. The molecule has 0 atom stereocenters. The van der Waals surface area contributed by atoms with E-state index in [0.717, 1.165) is 17.5 Å². The van der Waals surface area contributed by atoms with Crippen molar-refractivity contribution in [3.05, 3.63) is 71.9 Å². The van der Waals surface area contributed by atoms with Crippen molar-refractivity contribution in [1.82, 2.24) is 15.6 Å². The molecule has 138 valence electrons. The molecule has 0 radical (unpaired) electrons. The van der Waals surface area contributed by atoms with E-state index < -0.39 is 5.41 Å². The van der Waals surface area contributed by atoms with Crippen LogP contribution in [0.3, 0.4) is 0 Å². The number of carbonyl (C=O) groups excluding carboxylic acids is 2. The van der Waals surface area contributed by atoms with Gasteiger partial charge in [-0.15, -0.1) is 0 Å². The van der Waals surface area contributed by atoms with Gasteiger partial charge in [0, 0.05) is 30.2 Å². The Bertz CT molecular complexity index is 958. The zero-order valence-corrected chi connectivity index (χ0v) is 15.1. The van der Waals surface area contributed by atoms with Gasteiger partial charge in [-0.25, -0.2) is 0 Å². The molecular weight excluding hydrogens is 338 g/mol. The first-order valence-electron chi connectivity index (χ1n) is 9.34. The van der Waals surface area contributed by atoms with Crippen LogP contribution < -0.4 is 10.6 Å². The summed E-state index contributed by atoms with van der Waals surface area (Å²) in [5.41, 5.74) is 2.41. The van der Waals surface area contributed by atoms with Crippen LogP contribution in [0.25, 0.3) is 10.9 Å². The number of para-hydroxylation sites is 1.